The Balaban J connectivity index is 2.85. The molecule has 0 bridgehead atoms. The number of hydrogen-bond acceptors (Lipinski definition) is 3. The van der Waals surface area contributed by atoms with Gasteiger partial charge in [-0.05, 0) is 23.8 Å². The van der Waals surface area contributed by atoms with Gasteiger partial charge in [0, 0.05) is 10.3 Å². The predicted octanol–water partition coefficient (Wildman–Crippen LogP) is 3.34. The number of hydrogen-bond donors (Lipinski definition) is 1. The molecule has 0 unspecified atom stereocenters. The van der Waals surface area contributed by atoms with Gasteiger partial charge in [-0.25, -0.2) is 4.39 Å². The molecule has 4 heteroatoms. The molecular weight excluding hydrogens is 205 g/mol. The maximum absolute atomic E-state index is 13.6. The molecule has 2 aromatic rings. The van der Waals surface area contributed by atoms with Crippen LogP contribution in [0.4, 0.5) is 10.1 Å². The van der Waals surface area contributed by atoms with Crippen molar-refractivity contribution in [3.05, 3.63) is 23.3 Å². The van der Waals surface area contributed by atoms with Crippen LogP contribution in [0.3, 0.4) is 0 Å². The first-order chi connectivity index (χ1) is 6.24. The molecule has 1 heterocycles. The van der Waals surface area contributed by atoms with Crippen molar-refractivity contribution in [3.63, 3.8) is 0 Å². The average Bonchev–Trinajstić information content (AvgIpc) is 2.60. The van der Waals surface area contributed by atoms with Crippen LogP contribution < -0.4 is 5.73 Å². The van der Waals surface area contributed by atoms with Gasteiger partial charge in [0.15, 0.2) is 0 Å². The van der Waals surface area contributed by atoms with E-state index in [2.05, 4.69) is 0 Å². The number of thiophene rings is 1. The van der Waals surface area contributed by atoms with Crippen molar-refractivity contribution in [2.24, 2.45) is 0 Å². The summed E-state index contributed by atoms with van der Waals surface area (Å²) in [5, 5.41) is 2.49. The largest absolute Gasteiger partial charge is 0.398 e. The first-order valence-electron chi connectivity index (χ1n) is 3.73. The van der Waals surface area contributed by atoms with Crippen LogP contribution in [-0.2, 0) is 0 Å². The monoisotopic (exact) mass is 213 g/mol. The third-order valence-corrected chi connectivity index (χ3v) is 3.59. The number of thioether (sulfide) groups is 1. The van der Waals surface area contributed by atoms with Crippen LogP contribution in [0.1, 0.15) is 0 Å². The highest BCUT2D eigenvalue weighted by molar-refractivity contribution is 7.98. The number of benzene rings is 1. The van der Waals surface area contributed by atoms with Crippen LogP contribution in [0, 0.1) is 5.82 Å². The molecule has 0 atom stereocenters. The van der Waals surface area contributed by atoms with Gasteiger partial charge in [0.25, 0.3) is 0 Å². The molecule has 1 aromatic heterocycles. The third kappa shape index (κ3) is 1.30. The summed E-state index contributed by atoms with van der Waals surface area (Å²) in [6, 6.07) is 3.46. The summed E-state index contributed by atoms with van der Waals surface area (Å²) >= 11 is 2.85. The molecule has 0 aliphatic heterocycles. The fraction of sp³-hybridized carbons (Fsp3) is 0.111. The molecule has 2 rings (SSSR count). The predicted molar refractivity (Wildman–Crippen MR) is 58.0 cm³/mol. The Morgan fingerprint density at radius 2 is 2.31 bits per heavy atom. The number of nitrogen functional groups attached to an aromatic ring is 1. The van der Waals surface area contributed by atoms with Crippen molar-refractivity contribution >= 4 is 38.9 Å². The minimum atomic E-state index is -0.155. The molecule has 0 amide bonds. The minimum Gasteiger partial charge on any atom is -0.398 e. The number of fused-ring (bicyclic) bond motifs is 1. The zero-order valence-electron chi connectivity index (χ0n) is 7.00. The fourth-order valence-electron chi connectivity index (χ4n) is 1.26. The van der Waals surface area contributed by atoms with Crippen LogP contribution in [0.15, 0.2) is 22.4 Å². The highest BCUT2D eigenvalue weighted by Crippen LogP contribution is 2.34. The Bertz CT molecular complexity index is 450. The van der Waals surface area contributed by atoms with Crippen molar-refractivity contribution in [1.29, 1.82) is 0 Å². The Kier molecular flexibility index (Phi) is 2.17. The molecule has 13 heavy (non-hydrogen) atoms. The maximum atomic E-state index is 13.6. The Morgan fingerprint density at radius 1 is 1.54 bits per heavy atom. The van der Waals surface area contributed by atoms with Crippen LogP contribution in [0.25, 0.3) is 10.1 Å². The smallest absolute Gasteiger partial charge is 0.145 e. The van der Waals surface area contributed by atoms with Crippen LogP contribution >= 0.6 is 23.1 Å². The molecule has 2 N–H and O–H groups in total. The molecule has 0 saturated heterocycles. The van der Waals surface area contributed by atoms with Gasteiger partial charge in [-0.1, -0.05) is 0 Å². The van der Waals surface area contributed by atoms with E-state index >= 15 is 0 Å². The maximum Gasteiger partial charge on any atom is 0.145 e. The molecule has 0 spiro atoms. The zero-order chi connectivity index (χ0) is 9.42. The first kappa shape index (κ1) is 8.84. The first-order valence-corrected chi connectivity index (χ1v) is 5.83. The van der Waals surface area contributed by atoms with Gasteiger partial charge in [-0.2, -0.15) is 0 Å². The van der Waals surface area contributed by atoms with Crippen molar-refractivity contribution in [1.82, 2.24) is 0 Å². The van der Waals surface area contributed by atoms with Gasteiger partial charge in [-0.15, -0.1) is 23.1 Å². The van der Waals surface area contributed by atoms with Crippen LogP contribution in [0.5, 0.6) is 0 Å². The lowest BCUT2D eigenvalue weighted by atomic mass is 10.2. The van der Waals surface area contributed by atoms with Crippen molar-refractivity contribution < 1.29 is 4.39 Å². The van der Waals surface area contributed by atoms with Gasteiger partial charge >= 0.3 is 0 Å². The van der Waals surface area contributed by atoms with E-state index < -0.39 is 0 Å². The lowest BCUT2D eigenvalue weighted by Crippen LogP contribution is -1.89. The molecule has 68 valence electrons. The van der Waals surface area contributed by atoms with E-state index in [9.17, 15) is 4.39 Å². The zero-order valence-corrected chi connectivity index (χ0v) is 8.64. The standard InChI is InChI=1S/C9H8FNS2/c1-12-7-4-6(11)9-5(8(7)10)2-3-13-9/h2-4H,11H2,1H3. The summed E-state index contributed by atoms with van der Waals surface area (Å²) in [6.07, 6.45) is 1.84. The number of halogens is 1. The summed E-state index contributed by atoms with van der Waals surface area (Å²) in [4.78, 5) is 0.614. The fourth-order valence-corrected chi connectivity index (χ4v) is 2.61. The van der Waals surface area contributed by atoms with Gasteiger partial charge in [0.05, 0.1) is 10.4 Å². The van der Waals surface area contributed by atoms with Gasteiger partial charge in [0.1, 0.15) is 5.82 Å². The summed E-state index contributed by atoms with van der Waals surface area (Å²) in [5.41, 5.74) is 6.44. The molecule has 1 nitrogen and oxygen atoms in total. The van der Waals surface area contributed by atoms with E-state index in [1.165, 1.54) is 23.1 Å². The molecule has 0 aliphatic rings. The van der Waals surface area contributed by atoms with E-state index in [4.69, 9.17) is 5.73 Å². The van der Waals surface area contributed by atoms with Crippen molar-refractivity contribution in [2.45, 2.75) is 4.90 Å². The van der Waals surface area contributed by atoms with Crippen LogP contribution in [0.2, 0.25) is 0 Å². The van der Waals surface area contributed by atoms with E-state index in [1.54, 1.807) is 12.1 Å². The van der Waals surface area contributed by atoms with E-state index in [1.807, 2.05) is 11.6 Å². The van der Waals surface area contributed by atoms with Gasteiger partial charge in [0.2, 0.25) is 0 Å². The number of rotatable bonds is 1. The van der Waals surface area contributed by atoms with Gasteiger partial charge < -0.3 is 5.73 Å². The molecular formula is C9H8FNS2. The van der Waals surface area contributed by atoms with Crippen LogP contribution in [-0.4, -0.2) is 6.26 Å². The second-order valence-corrected chi connectivity index (χ2v) is 4.41. The molecule has 0 aliphatic carbocycles. The Morgan fingerprint density at radius 3 is 3.00 bits per heavy atom. The summed E-state index contributed by atoms with van der Waals surface area (Å²) in [5.74, 6) is -0.155. The SMILES string of the molecule is CSc1cc(N)c2sccc2c1F. The highest BCUT2D eigenvalue weighted by Gasteiger charge is 2.10. The second-order valence-electron chi connectivity index (χ2n) is 2.65. The second kappa shape index (κ2) is 3.20. The highest BCUT2D eigenvalue weighted by atomic mass is 32.2. The minimum absolute atomic E-state index is 0.155. The average molecular weight is 213 g/mol. The lowest BCUT2D eigenvalue weighted by Gasteiger charge is -2.02. The van der Waals surface area contributed by atoms with Gasteiger partial charge in [-0.3, -0.25) is 0 Å². The van der Waals surface area contributed by atoms with E-state index in [0.29, 0.717) is 16.0 Å². The van der Waals surface area contributed by atoms with E-state index in [-0.39, 0.29) is 5.82 Å². The quantitative estimate of drug-likeness (QED) is 0.580. The van der Waals surface area contributed by atoms with Crippen molar-refractivity contribution in [2.75, 3.05) is 12.0 Å². The molecule has 1 aromatic carbocycles. The normalized spacial score (nSPS) is 10.9. The Hall–Kier alpha value is -0.740. The number of anilines is 1. The summed E-state index contributed by atoms with van der Waals surface area (Å²) < 4.78 is 14.5. The third-order valence-electron chi connectivity index (χ3n) is 1.89. The van der Waals surface area contributed by atoms with Crippen molar-refractivity contribution in [3.8, 4) is 0 Å². The number of nitrogens with two attached hydrogens (primary N) is 1. The lowest BCUT2D eigenvalue weighted by molar-refractivity contribution is 0.615. The molecule has 0 saturated carbocycles. The Labute approximate surface area is 83.7 Å². The molecule has 0 radical (unpaired) electrons. The van der Waals surface area contributed by atoms with E-state index in [0.717, 1.165) is 4.70 Å². The molecule has 0 fully saturated rings. The summed E-state index contributed by atoms with van der Waals surface area (Å²) in [6.45, 7) is 0. The topological polar surface area (TPSA) is 26.0 Å². The summed E-state index contributed by atoms with van der Waals surface area (Å²) in [7, 11) is 0.